The van der Waals surface area contributed by atoms with E-state index < -0.39 is 0 Å². The first kappa shape index (κ1) is 11.3. The molecule has 2 aromatic heterocycles. The SMILES string of the molecule is COc1ccc2c(c1)c1ccccc1n1cc(C)nc21. The number of fused-ring (bicyclic) bond motifs is 6. The van der Waals surface area contributed by atoms with Crippen LogP contribution in [-0.2, 0) is 0 Å². The summed E-state index contributed by atoms with van der Waals surface area (Å²) < 4.78 is 7.53. The molecule has 3 nitrogen and oxygen atoms in total. The van der Waals surface area contributed by atoms with Gasteiger partial charge in [-0.2, -0.15) is 0 Å². The summed E-state index contributed by atoms with van der Waals surface area (Å²) in [6.45, 7) is 2.02. The normalized spacial score (nSPS) is 11.5. The summed E-state index contributed by atoms with van der Waals surface area (Å²) in [6.07, 6.45) is 2.08. The van der Waals surface area contributed by atoms with Crippen LogP contribution in [0, 0.1) is 6.92 Å². The largest absolute Gasteiger partial charge is 0.497 e. The highest BCUT2D eigenvalue weighted by Crippen LogP contribution is 2.31. The van der Waals surface area contributed by atoms with Gasteiger partial charge in [-0.15, -0.1) is 0 Å². The average molecular weight is 262 g/mol. The van der Waals surface area contributed by atoms with E-state index in [4.69, 9.17) is 4.74 Å². The van der Waals surface area contributed by atoms with Gasteiger partial charge in [-0.05, 0) is 36.6 Å². The minimum atomic E-state index is 0.871. The van der Waals surface area contributed by atoms with Gasteiger partial charge in [-0.1, -0.05) is 18.2 Å². The number of methoxy groups -OCH3 is 1. The molecule has 20 heavy (non-hydrogen) atoms. The van der Waals surface area contributed by atoms with Crippen molar-refractivity contribution in [3.63, 3.8) is 0 Å². The number of nitrogens with zero attached hydrogens (tertiary/aromatic N) is 2. The fourth-order valence-electron chi connectivity index (χ4n) is 2.85. The maximum absolute atomic E-state index is 5.36. The first-order valence-electron chi connectivity index (χ1n) is 6.62. The summed E-state index contributed by atoms with van der Waals surface area (Å²) >= 11 is 0. The molecular formula is C17H14N2O. The van der Waals surface area contributed by atoms with Crippen LogP contribution in [0.15, 0.2) is 48.7 Å². The monoisotopic (exact) mass is 262 g/mol. The fraction of sp³-hybridized carbons (Fsp3) is 0.118. The Kier molecular flexibility index (Phi) is 2.24. The third-order valence-electron chi connectivity index (χ3n) is 3.75. The molecule has 0 N–H and O–H groups in total. The molecule has 4 aromatic rings. The number of hydrogen-bond acceptors (Lipinski definition) is 2. The van der Waals surface area contributed by atoms with Crippen LogP contribution in [-0.4, -0.2) is 16.5 Å². The van der Waals surface area contributed by atoms with Crippen molar-refractivity contribution in [2.24, 2.45) is 0 Å². The van der Waals surface area contributed by atoms with E-state index in [2.05, 4.69) is 52.0 Å². The van der Waals surface area contributed by atoms with E-state index in [1.165, 1.54) is 16.3 Å². The zero-order valence-electron chi connectivity index (χ0n) is 11.4. The molecule has 0 bridgehead atoms. The van der Waals surface area contributed by atoms with Crippen molar-refractivity contribution >= 4 is 27.3 Å². The maximum Gasteiger partial charge on any atom is 0.145 e. The van der Waals surface area contributed by atoms with Gasteiger partial charge in [0.05, 0.1) is 18.3 Å². The van der Waals surface area contributed by atoms with E-state index in [0.717, 1.165) is 22.5 Å². The molecule has 4 rings (SSSR count). The minimum Gasteiger partial charge on any atom is -0.497 e. The van der Waals surface area contributed by atoms with Crippen molar-refractivity contribution in [2.45, 2.75) is 6.92 Å². The lowest BCUT2D eigenvalue weighted by molar-refractivity contribution is 0.415. The summed E-state index contributed by atoms with van der Waals surface area (Å²) in [5.41, 5.74) is 3.20. The van der Waals surface area contributed by atoms with Crippen molar-refractivity contribution in [1.82, 2.24) is 9.38 Å². The van der Waals surface area contributed by atoms with E-state index in [1.807, 2.05) is 13.0 Å². The van der Waals surface area contributed by atoms with Crippen LogP contribution in [0.2, 0.25) is 0 Å². The fourth-order valence-corrected chi connectivity index (χ4v) is 2.85. The summed E-state index contributed by atoms with van der Waals surface area (Å²) in [7, 11) is 1.70. The Hall–Kier alpha value is -2.55. The van der Waals surface area contributed by atoms with Gasteiger partial charge >= 0.3 is 0 Å². The molecular weight excluding hydrogens is 248 g/mol. The van der Waals surface area contributed by atoms with E-state index in [1.54, 1.807) is 7.11 Å². The molecule has 0 aliphatic heterocycles. The van der Waals surface area contributed by atoms with Gasteiger partial charge in [0.25, 0.3) is 0 Å². The molecule has 0 amide bonds. The van der Waals surface area contributed by atoms with Crippen LogP contribution in [0.5, 0.6) is 5.75 Å². The zero-order chi connectivity index (χ0) is 13.7. The third-order valence-corrected chi connectivity index (χ3v) is 3.75. The Bertz CT molecular complexity index is 953. The highest BCUT2D eigenvalue weighted by atomic mass is 16.5. The predicted octanol–water partition coefficient (Wildman–Crippen LogP) is 3.96. The molecule has 2 heterocycles. The van der Waals surface area contributed by atoms with E-state index in [0.29, 0.717) is 0 Å². The number of para-hydroxylation sites is 1. The Labute approximate surface area is 116 Å². The molecule has 0 saturated heterocycles. The first-order valence-corrected chi connectivity index (χ1v) is 6.62. The number of imidazole rings is 1. The number of aromatic nitrogens is 2. The number of benzene rings is 2. The minimum absolute atomic E-state index is 0.871. The van der Waals surface area contributed by atoms with Crippen molar-refractivity contribution in [3.05, 3.63) is 54.4 Å². The van der Waals surface area contributed by atoms with Gasteiger partial charge in [0.2, 0.25) is 0 Å². The molecule has 0 unspecified atom stereocenters. The first-order chi connectivity index (χ1) is 9.78. The second kappa shape index (κ2) is 3.97. The lowest BCUT2D eigenvalue weighted by Crippen LogP contribution is -1.91. The Morgan fingerprint density at radius 1 is 1.00 bits per heavy atom. The quantitative estimate of drug-likeness (QED) is 0.485. The van der Waals surface area contributed by atoms with Gasteiger partial charge in [0.15, 0.2) is 0 Å². The van der Waals surface area contributed by atoms with Crippen molar-refractivity contribution in [3.8, 4) is 5.75 Å². The van der Waals surface area contributed by atoms with Crippen LogP contribution in [0.1, 0.15) is 5.69 Å². The van der Waals surface area contributed by atoms with Gasteiger partial charge in [0, 0.05) is 17.0 Å². The van der Waals surface area contributed by atoms with Gasteiger partial charge in [0.1, 0.15) is 11.4 Å². The zero-order valence-corrected chi connectivity index (χ0v) is 11.4. The van der Waals surface area contributed by atoms with Crippen LogP contribution >= 0.6 is 0 Å². The standard InChI is InChI=1S/C17H14N2O/c1-11-10-19-16-6-4-3-5-13(16)15-9-12(20-2)7-8-14(15)17(19)18-11/h3-10H,1-2H3. The third kappa shape index (κ3) is 1.43. The number of hydrogen-bond donors (Lipinski definition) is 0. The number of rotatable bonds is 1. The topological polar surface area (TPSA) is 26.5 Å². The van der Waals surface area contributed by atoms with E-state index >= 15 is 0 Å². The van der Waals surface area contributed by atoms with E-state index in [-0.39, 0.29) is 0 Å². The highest BCUT2D eigenvalue weighted by molar-refractivity contribution is 6.12. The molecule has 0 saturated carbocycles. The lowest BCUT2D eigenvalue weighted by atomic mass is 10.1. The molecule has 0 aliphatic carbocycles. The second-order valence-electron chi connectivity index (χ2n) is 5.00. The number of ether oxygens (including phenoxy) is 1. The molecule has 0 fully saturated rings. The summed E-state index contributed by atoms with van der Waals surface area (Å²) in [5, 5.41) is 3.54. The molecule has 3 heteroatoms. The molecule has 2 aromatic carbocycles. The molecule has 0 aliphatic rings. The summed E-state index contributed by atoms with van der Waals surface area (Å²) in [4.78, 5) is 4.67. The number of pyridine rings is 1. The van der Waals surface area contributed by atoms with Gasteiger partial charge < -0.3 is 4.74 Å². The van der Waals surface area contributed by atoms with Crippen LogP contribution in [0.3, 0.4) is 0 Å². The average Bonchev–Trinajstić information content (AvgIpc) is 2.89. The molecule has 0 atom stereocenters. The Morgan fingerprint density at radius 3 is 2.70 bits per heavy atom. The number of aryl methyl sites for hydroxylation is 1. The predicted molar refractivity (Wildman–Crippen MR) is 81.5 cm³/mol. The maximum atomic E-state index is 5.36. The van der Waals surface area contributed by atoms with Crippen LogP contribution in [0.25, 0.3) is 27.3 Å². The second-order valence-corrected chi connectivity index (χ2v) is 5.00. The molecule has 98 valence electrons. The van der Waals surface area contributed by atoms with Crippen molar-refractivity contribution in [1.29, 1.82) is 0 Å². The lowest BCUT2D eigenvalue weighted by Gasteiger charge is -2.09. The van der Waals surface area contributed by atoms with Gasteiger partial charge in [-0.25, -0.2) is 4.98 Å². The smallest absolute Gasteiger partial charge is 0.145 e. The molecule has 0 spiro atoms. The summed E-state index contributed by atoms with van der Waals surface area (Å²) in [6, 6.07) is 14.6. The van der Waals surface area contributed by atoms with Crippen LogP contribution < -0.4 is 4.74 Å². The van der Waals surface area contributed by atoms with E-state index in [9.17, 15) is 0 Å². The van der Waals surface area contributed by atoms with Crippen molar-refractivity contribution in [2.75, 3.05) is 7.11 Å². The summed E-state index contributed by atoms with van der Waals surface area (Å²) in [5.74, 6) is 0.871. The Balaban J connectivity index is 2.34. The van der Waals surface area contributed by atoms with Gasteiger partial charge in [-0.3, -0.25) is 4.40 Å². The van der Waals surface area contributed by atoms with Crippen LogP contribution in [0.4, 0.5) is 0 Å². The highest BCUT2D eigenvalue weighted by Gasteiger charge is 2.10. The molecule has 0 radical (unpaired) electrons. The Morgan fingerprint density at radius 2 is 1.85 bits per heavy atom. The van der Waals surface area contributed by atoms with Crippen molar-refractivity contribution < 1.29 is 4.74 Å².